The van der Waals surface area contributed by atoms with Crippen molar-refractivity contribution in [3.05, 3.63) is 83.7 Å². The molecule has 0 unspecified atom stereocenters. The minimum atomic E-state index is -2.28. The molecular formula is C25H20F5NO4. The summed E-state index contributed by atoms with van der Waals surface area (Å²) in [5.41, 5.74) is -2.09. The summed E-state index contributed by atoms with van der Waals surface area (Å²) < 4.78 is 84.8. The van der Waals surface area contributed by atoms with Gasteiger partial charge in [-0.1, -0.05) is 36.9 Å². The predicted octanol–water partition coefficient (Wildman–Crippen LogP) is 5.79. The van der Waals surface area contributed by atoms with Crippen LogP contribution in [0.3, 0.4) is 0 Å². The highest BCUT2D eigenvalue weighted by atomic mass is 19.2. The summed E-state index contributed by atoms with van der Waals surface area (Å²) in [5, 5.41) is 4.24. The number of ether oxygens (including phenoxy) is 3. The van der Waals surface area contributed by atoms with Crippen molar-refractivity contribution >= 4 is 22.4 Å². The molecule has 1 heterocycles. The fourth-order valence-corrected chi connectivity index (χ4v) is 3.66. The van der Waals surface area contributed by atoms with E-state index in [-0.39, 0.29) is 0 Å². The molecule has 0 spiro atoms. The van der Waals surface area contributed by atoms with Gasteiger partial charge in [0.05, 0.1) is 24.2 Å². The summed E-state index contributed by atoms with van der Waals surface area (Å²) in [6, 6.07) is 10.6. The van der Waals surface area contributed by atoms with E-state index in [1.807, 2.05) is 12.1 Å². The summed E-state index contributed by atoms with van der Waals surface area (Å²) in [6.45, 7) is 4.60. The number of benzene rings is 3. The minimum absolute atomic E-state index is 0.298. The van der Waals surface area contributed by atoms with Crippen molar-refractivity contribution < 1.29 is 41.0 Å². The molecule has 3 aromatic rings. The fraction of sp³-hybridized carbons (Fsp3) is 0.240. The average molecular weight is 493 g/mol. The molecule has 0 saturated carbocycles. The molecule has 0 atom stereocenters. The highest BCUT2D eigenvalue weighted by Crippen LogP contribution is 2.38. The van der Waals surface area contributed by atoms with Crippen LogP contribution in [0.5, 0.6) is 5.75 Å². The number of carbonyl (C=O) groups is 1. The van der Waals surface area contributed by atoms with Gasteiger partial charge in [-0.3, -0.25) is 4.79 Å². The zero-order chi connectivity index (χ0) is 25.3. The lowest BCUT2D eigenvalue weighted by Crippen LogP contribution is -2.46. The van der Waals surface area contributed by atoms with Crippen molar-refractivity contribution in [3.8, 4) is 5.75 Å². The lowest BCUT2D eigenvalue weighted by molar-refractivity contribution is -0.228. The second kappa shape index (κ2) is 9.63. The number of rotatable bonds is 6. The number of fused-ring (bicyclic) bond motifs is 1. The monoisotopic (exact) mass is 493 g/mol. The van der Waals surface area contributed by atoms with Gasteiger partial charge in [-0.2, -0.15) is 0 Å². The van der Waals surface area contributed by atoms with E-state index in [1.165, 1.54) is 6.92 Å². The number of amides is 1. The Balaban J connectivity index is 1.53. The predicted molar refractivity (Wildman–Crippen MR) is 117 cm³/mol. The van der Waals surface area contributed by atoms with Gasteiger partial charge in [0.2, 0.25) is 11.7 Å². The first-order valence-corrected chi connectivity index (χ1v) is 10.5. The van der Waals surface area contributed by atoms with E-state index < -0.39 is 65.5 Å². The number of halogens is 5. The first kappa shape index (κ1) is 24.6. The Morgan fingerprint density at radius 2 is 1.57 bits per heavy atom. The topological polar surface area (TPSA) is 56.8 Å². The van der Waals surface area contributed by atoms with E-state index in [9.17, 15) is 26.7 Å². The van der Waals surface area contributed by atoms with Gasteiger partial charge in [0.15, 0.2) is 29.6 Å². The lowest BCUT2D eigenvalue weighted by Gasteiger charge is -2.36. The van der Waals surface area contributed by atoms with Crippen LogP contribution in [0.4, 0.5) is 27.6 Å². The van der Waals surface area contributed by atoms with Gasteiger partial charge in [0, 0.05) is 16.5 Å². The van der Waals surface area contributed by atoms with Crippen LogP contribution >= 0.6 is 0 Å². The van der Waals surface area contributed by atoms with Crippen molar-refractivity contribution in [1.82, 2.24) is 0 Å². The van der Waals surface area contributed by atoms with Crippen LogP contribution in [0.1, 0.15) is 18.8 Å². The van der Waals surface area contributed by atoms with Crippen LogP contribution in [0.2, 0.25) is 0 Å². The maximum Gasteiger partial charge on any atom is 0.235 e. The molecule has 3 aromatic carbocycles. The zero-order valence-electron chi connectivity index (χ0n) is 18.5. The normalized spacial score (nSPS) is 20.0. The number of anilines is 1. The Kier molecular flexibility index (Phi) is 6.77. The maximum absolute atomic E-state index is 14.1. The second-order valence-corrected chi connectivity index (χ2v) is 8.21. The van der Waals surface area contributed by atoms with Crippen LogP contribution in [0.15, 0.2) is 49.1 Å². The molecule has 1 fully saturated rings. The zero-order valence-corrected chi connectivity index (χ0v) is 18.5. The first-order chi connectivity index (χ1) is 16.7. The molecule has 4 rings (SSSR count). The lowest BCUT2D eigenvalue weighted by atomic mass is 9.90. The fourth-order valence-electron chi connectivity index (χ4n) is 3.66. The molecule has 1 amide bonds. The van der Waals surface area contributed by atoms with E-state index in [0.717, 1.165) is 5.39 Å². The molecule has 184 valence electrons. The molecular weight excluding hydrogens is 473 g/mol. The third-order valence-electron chi connectivity index (χ3n) is 5.62. The number of carbonyl (C=O) groups excluding carboxylic acids is 1. The second-order valence-electron chi connectivity index (χ2n) is 8.21. The Bertz CT molecular complexity index is 1280. The van der Waals surface area contributed by atoms with Gasteiger partial charge in [0.25, 0.3) is 0 Å². The maximum atomic E-state index is 14.1. The van der Waals surface area contributed by atoms with Crippen LogP contribution in [0.25, 0.3) is 10.8 Å². The van der Waals surface area contributed by atoms with E-state index in [2.05, 4.69) is 11.9 Å². The van der Waals surface area contributed by atoms with Gasteiger partial charge >= 0.3 is 0 Å². The highest BCUT2D eigenvalue weighted by Gasteiger charge is 2.42. The van der Waals surface area contributed by atoms with E-state index >= 15 is 0 Å². The number of hydrogen-bond acceptors (Lipinski definition) is 4. The summed E-state index contributed by atoms with van der Waals surface area (Å²) in [6.07, 6.45) is -0.267. The molecule has 0 aromatic heterocycles. The minimum Gasteiger partial charge on any atom is -0.489 e. The number of hydrogen-bond donors (Lipinski definition) is 1. The van der Waals surface area contributed by atoms with Gasteiger partial charge in [-0.25, -0.2) is 22.0 Å². The molecule has 5 nitrogen and oxygen atoms in total. The van der Waals surface area contributed by atoms with Crippen molar-refractivity contribution in [1.29, 1.82) is 0 Å². The smallest absolute Gasteiger partial charge is 0.235 e. The molecule has 1 saturated heterocycles. The largest absolute Gasteiger partial charge is 0.489 e. The SMILES string of the molecule is C=CCOc1ccc(NC(=O)C2(C)COC(c3c(F)c(F)c(F)c(F)c3F)OC2)c2ccccc12. The van der Waals surface area contributed by atoms with Crippen LogP contribution in [-0.4, -0.2) is 25.7 Å². The van der Waals surface area contributed by atoms with Crippen molar-refractivity contribution in [3.63, 3.8) is 0 Å². The standard InChI is InChI=1S/C25H20F5NO4/c1-3-10-33-16-9-8-15(13-6-4-5-7-14(13)16)31-24(32)25(2)11-34-23(35-12-25)17-18(26)20(28)22(30)21(29)19(17)27/h3-9,23H,1,10-12H2,2H3,(H,31,32). The van der Waals surface area contributed by atoms with Crippen LogP contribution in [0, 0.1) is 34.5 Å². The quantitative estimate of drug-likeness (QED) is 0.204. The Hall–Kier alpha value is -3.50. The highest BCUT2D eigenvalue weighted by molar-refractivity contribution is 6.05. The molecule has 0 bridgehead atoms. The summed E-state index contributed by atoms with van der Waals surface area (Å²) in [7, 11) is 0. The van der Waals surface area contributed by atoms with Gasteiger partial charge in [-0.05, 0) is 19.1 Å². The Morgan fingerprint density at radius 3 is 2.17 bits per heavy atom. The molecule has 35 heavy (non-hydrogen) atoms. The summed E-state index contributed by atoms with van der Waals surface area (Å²) in [4.78, 5) is 13.1. The van der Waals surface area contributed by atoms with E-state index in [4.69, 9.17) is 14.2 Å². The summed E-state index contributed by atoms with van der Waals surface area (Å²) in [5.74, 6) is -10.5. The Labute approximate surface area is 197 Å². The van der Waals surface area contributed by atoms with Crippen LogP contribution < -0.4 is 10.1 Å². The van der Waals surface area contributed by atoms with Crippen molar-refractivity contribution in [2.75, 3.05) is 25.1 Å². The van der Waals surface area contributed by atoms with Crippen molar-refractivity contribution in [2.45, 2.75) is 13.2 Å². The summed E-state index contributed by atoms with van der Waals surface area (Å²) >= 11 is 0. The molecule has 1 aliphatic heterocycles. The van der Waals surface area contributed by atoms with E-state index in [1.54, 1.807) is 30.3 Å². The van der Waals surface area contributed by atoms with Gasteiger partial charge in [-0.15, -0.1) is 0 Å². The molecule has 1 N–H and O–H groups in total. The third kappa shape index (κ3) is 4.46. The number of nitrogens with one attached hydrogen (secondary N) is 1. The molecule has 0 aliphatic carbocycles. The van der Waals surface area contributed by atoms with Gasteiger partial charge < -0.3 is 19.5 Å². The van der Waals surface area contributed by atoms with Gasteiger partial charge in [0.1, 0.15) is 12.4 Å². The first-order valence-electron chi connectivity index (χ1n) is 10.5. The molecule has 10 heteroatoms. The third-order valence-corrected chi connectivity index (χ3v) is 5.62. The average Bonchev–Trinajstić information content (AvgIpc) is 2.87. The van der Waals surface area contributed by atoms with E-state index in [0.29, 0.717) is 23.4 Å². The van der Waals surface area contributed by atoms with Crippen LogP contribution in [-0.2, 0) is 14.3 Å². The Morgan fingerprint density at radius 1 is 1.00 bits per heavy atom. The molecule has 0 radical (unpaired) electrons. The molecule has 1 aliphatic rings. The van der Waals surface area contributed by atoms with Crippen molar-refractivity contribution in [2.24, 2.45) is 5.41 Å².